The molecule has 1 aliphatic rings. The van der Waals surface area contributed by atoms with Gasteiger partial charge >= 0.3 is 6.03 Å². The van der Waals surface area contributed by atoms with E-state index >= 15 is 0 Å². The van der Waals surface area contributed by atoms with Crippen molar-refractivity contribution in [3.8, 4) is 0 Å². The van der Waals surface area contributed by atoms with Gasteiger partial charge < -0.3 is 9.47 Å². The lowest BCUT2D eigenvalue weighted by molar-refractivity contribution is 0.172. The molecular formula is C37H34N4O. The zero-order valence-electron chi connectivity index (χ0n) is 24.2. The minimum Gasteiger partial charge on any atom is -0.316 e. The number of carbonyl (C=O) groups excluding carboxylic acids is 1. The topological polar surface area (TPSA) is 43.1 Å². The van der Waals surface area contributed by atoms with Crippen LogP contribution in [0.15, 0.2) is 122 Å². The first kappa shape index (κ1) is 26.0. The summed E-state index contributed by atoms with van der Waals surface area (Å²) < 4.78 is 4.22. The summed E-state index contributed by atoms with van der Waals surface area (Å²) in [6, 6.07) is 39.9. The lowest BCUT2D eigenvalue weighted by Crippen LogP contribution is -2.43. The maximum Gasteiger partial charge on any atom is 0.329 e. The predicted molar refractivity (Wildman–Crippen MR) is 168 cm³/mol. The van der Waals surface area contributed by atoms with Crippen molar-refractivity contribution in [2.24, 2.45) is 0 Å². The normalized spacial score (nSPS) is 14.3. The van der Waals surface area contributed by atoms with Crippen LogP contribution in [0.25, 0.3) is 10.9 Å². The standard InChI is InChI=1S/C37H34N4O/c1-26-32-21-13-14-22-34(32)41-33(26)23-24-39(36(41)42)27(2)35-28(3)40(25-38-35)37(29-15-7-4-8-16-29,30-17-9-5-10-18-30)31-19-11-6-12-20-31/h4-22,25,27H,23-24H2,1-3H3/t27-/m0/s1. The number of amides is 1. The first-order valence-electron chi connectivity index (χ1n) is 14.6. The van der Waals surface area contributed by atoms with Crippen molar-refractivity contribution in [1.82, 2.24) is 19.0 Å². The second-order valence-corrected chi connectivity index (χ2v) is 11.2. The van der Waals surface area contributed by atoms with Gasteiger partial charge in [0.15, 0.2) is 0 Å². The van der Waals surface area contributed by atoms with Crippen molar-refractivity contribution in [1.29, 1.82) is 0 Å². The van der Waals surface area contributed by atoms with E-state index in [9.17, 15) is 4.79 Å². The Balaban J connectivity index is 1.38. The molecule has 1 atom stereocenters. The van der Waals surface area contributed by atoms with Gasteiger partial charge in [0.25, 0.3) is 0 Å². The van der Waals surface area contributed by atoms with E-state index in [1.165, 1.54) is 5.56 Å². The highest BCUT2D eigenvalue weighted by molar-refractivity contribution is 5.96. The second kappa shape index (κ2) is 10.2. The monoisotopic (exact) mass is 550 g/mol. The molecule has 3 heterocycles. The number of nitrogens with zero attached hydrogens (tertiary/aromatic N) is 4. The van der Waals surface area contributed by atoms with E-state index in [1.807, 2.05) is 34.0 Å². The first-order chi connectivity index (χ1) is 20.5. The Morgan fingerprint density at radius 2 is 1.26 bits per heavy atom. The lowest BCUT2D eigenvalue weighted by atomic mass is 9.76. The molecule has 0 N–H and O–H groups in total. The number of para-hydroxylation sites is 1. The number of aromatic nitrogens is 3. The van der Waals surface area contributed by atoms with Crippen LogP contribution in [0, 0.1) is 13.8 Å². The summed E-state index contributed by atoms with van der Waals surface area (Å²) in [4.78, 5) is 21.1. The largest absolute Gasteiger partial charge is 0.329 e. The molecule has 1 amide bonds. The summed E-state index contributed by atoms with van der Waals surface area (Å²) in [6.07, 6.45) is 2.78. The van der Waals surface area contributed by atoms with Crippen LogP contribution in [0.5, 0.6) is 0 Å². The third-order valence-corrected chi connectivity index (χ3v) is 9.12. The fourth-order valence-corrected chi connectivity index (χ4v) is 7.06. The first-order valence-corrected chi connectivity index (χ1v) is 14.6. The number of fused-ring (bicyclic) bond motifs is 3. The Labute approximate surface area is 246 Å². The molecule has 2 aromatic heterocycles. The summed E-state index contributed by atoms with van der Waals surface area (Å²) >= 11 is 0. The van der Waals surface area contributed by atoms with Gasteiger partial charge in [0, 0.05) is 29.7 Å². The highest BCUT2D eigenvalue weighted by Gasteiger charge is 2.41. The van der Waals surface area contributed by atoms with E-state index in [1.54, 1.807) is 0 Å². The van der Waals surface area contributed by atoms with Crippen LogP contribution in [0.3, 0.4) is 0 Å². The number of hydrogen-bond donors (Lipinski definition) is 0. The summed E-state index contributed by atoms with van der Waals surface area (Å²) in [7, 11) is 0. The molecule has 0 radical (unpaired) electrons. The Kier molecular flexibility index (Phi) is 6.31. The Morgan fingerprint density at radius 3 is 1.83 bits per heavy atom. The van der Waals surface area contributed by atoms with Gasteiger partial charge in [-0.2, -0.15) is 0 Å². The van der Waals surface area contributed by atoms with Gasteiger partial charge in [-0.25, -0.2) is 9.78 Å². The van der Waals surface area contributed by atoms with Gasteiger partial charge in [-0.3, -0.25) is 4.57 Å². The zero-order valence-corrected chi connectivity index (χ0v) is 24.2. The molecule has 0 fully saturated rings. The number of imidazole rings is 1. The van der Waals surface area contributed by atoms with Crippen molar-refractivity contribution >= 4 is 16.9 Å². The second-order valence-electron chi connectivity index (χ2n) is 11.2. The molecule has 4 aromatic carbocycles. The molecule has 7 rings (SSSR count). The third kappa shape index (κ3) is 3.77. The van der Waals surface area contributed by atoms with Gasteiger partial charge in [0.05, 0.1) is 23.6 Å². The van der Waals surface area contributed by atoms with Gasteiger partial charge in [-0.05, 0) is 49.1 Å². The van der Waals surface area contributed by atoms with Crippen LogP contribution >= 0.6 is 0 Å². The lowest BCUT2D eigenvalue weighted by Gasteiger charge is -2.39. The average molecular weight is 551 g/mol. The number of hydrogen-bond acceptors (Lipinski definition) is 2. The van der Waals surface area contributed by atoms with Crippen LogP contribution in [-0.2, 0) is 12.0 Å². The molecule has 0 aliphatic carbocycles. The van der Waals surface area contributed by atoms with Crippen LogP contribution in [-0.4, -0.2) is 31.6 Å². The van der Waals surface area contributed by atoms with Crippen molar-refractivity contribution in [2.75, 3.05) is 6.54 Å². The van der Waals surface area contributed by atoms with E-state index < -0.39 is 5.54 Å². The molecule has 42 heavy (non-hydrogen) atoms. The van der Waals surface area contributed by atoms with Crippen LogP contribution in [0.2, 0.25) is 0 Å². The van der Waals surface area contributed by atoms with E-state index in [0.29, 0.717) is 6.54 Å². The fourth-order valence-electron chi connectivity index (χ4n) is 7.06. The van der Waals surface area contributed by atoms with Crippen molar-refractivity contribution in [2.45, 2.75) is 38.8 Å². The van der Waals surface area contributed by atoms with Crippen molar-refractivity contribution < 1.29 is 4.79 Å². The fraction of sp³-hybridized carbons (Fsp3) is 0.189. The van der Waals surface area contributed by atoms with Crippen LogP contribution in [0.4, 0.5) is 4.79 Å². The summed E-state index contributed by atoms with van der Waals surface area (Å²) in [6.45, 7) is 7.03. The van der Waals surface area contributed by atoms with E-state index in [-0.39, 0.29) is 12.1 Å². The molecule has 5 heteroatoms. The smallest absolute Gasteiger partial charge is 0.316 e. The number of aryl methyl sites for hydroxylation is 1. The van der Waals surface area contributed by atoms with E-state index in [4.69, 9.17) is 4.98 Å². The Bertz CT molecular complexity index is 1790. The van der Waals surface area contributed by atoms with Gasteiger partial charge in [0.1, 0.15) is 5.54 Å². The molecular weight excluding hydrogens is 516 g/mol. The zero-order chi connectivity index (χ0) is 28.8. The average Bonchev–Trinajstić information content (AvgIpc) is 3.57. The molecule has 0 spiro atoms. The summed E-state index contributed by atoms with van der Waals surface area (Å²) in [5.74, 6) is 0. The molecule has 0 bridgehead atoms. The van der Waals surface area contributed by atoms with Gasteiger partial charge in [0.2, 0.25) is 0 Å². The van der Waals surface area contributed by atoms with Crippen LogP contribution < -0.4 is 0 Å². The molecule has 208 valence electrons. The molecule has 1 aliphatic heterocycles. The molecule has 5 nitrogen and oxygen atoms in total. The highest BCUT2D eigenvalue weighted by atomic mass is 16.2. The Hall–Kier alpha value is -4.90. The third-order valence-electron chi connectivity index (χ3n) is 9.12. The minimum atomic E-state index is -0.647. The molecule has 0 saturated carbocycles. The summed E-state index contributed by atoms with van der Waals surface area (Å²) in [5.41, 5.74) is 8.03. The quantitative estimate of drug-likeness (QED) is 0.198. The van der Waals surface area contributed by atoms with Gasteiger partial charge in [-0.1, -0.05) is 109 Å². The summed E-state index contributed by atoms with van der Waals surface area (Å²) in [5, 5.41) is 1.15. The molecule has 0 unspecified atom stereocenters. The van der Waals surface area contributed by atoms with E-state index in [0.717, 1.165) is 51.1 Å². The highest BCUT2D eigenvalue weighted by Crippen LogP contribution is 2.43. The maximum absolute atomic E-state index is 14.1. The number of carbonyl (C=O) groups is 1. The molecule has 6 aromatic rings. The maximum atomic E-state index is 14.1. The van der Waals surface area contributed by atoms with Gasteiger partial charge in [-0.15, -0.1) is 0 Å². The van der Waals surface area contributed by atoms with Crippen molar-refractivity contribution in [3.05, 3.63) is 161 Å². The predicted octanol–water partition coefficient (Wildman–Crippen LogP) is 7.88. The van der Waals surface area contributed by atoms with Crippen molar-refractivity contribution in [3.63, 3.8) is 0 Å². The number of rotatable bonds is 6. The molecule has 0 saturated heterocycles. The van der Waals surface area contributed by atoms with Crippen LogP contribution in [0.1, 0.15) is 52.3 Å². The number of benzene rings is 4. The minimum absolute atomic E-state index is 0.0161. The Morgan fingerprint density at radius 1 is 0.738 bits per heavy atom. The SMILES string of the molecule is Cc1c2n(c3ccccc13)C(=O)N([C@@H](C)c1ncn(C(c3ccccc3)(c3ccccc3)c3ccccc3)c1C)CC2. The van der Waals surface area contributed by atoms with E-state index in [2.05, 4.69) is 122 Å².